The molecule has 1 aliphatic rings. The molecule has 1 fully saturated rings. The van der Waals surface area contributed by atoms with Gasteiger partial charge in [-0.05, 0) is 32.6 Å². The van der Waals surface area contributed by atoms with Crippen LogP contribution in [0.2, 0.25) is 0 Å². The Kier molecular flexibility index (Phi) is 6.43. The molecule has 0 atom stereocenters. The van der Waals surface area contributed by atoms with E-state index in [9.17, 15) is 4.79 Å². The van der Waals surface area contributed by atoms with E-state index in [1.54, 1.807) is 0 Å². The fraction of sp³-hybridized carbons (Fsp3) is 0.833. The van der Waals surface area contributed by atoms with Crippen molar-refractivity contribution >= 4 is 11.9 Å². The third-order valence-electron chi connectivity index (χ3n) is 2.80. The lowest BCUT2D eigenvalue weighted by atomic mass is 10.1. The minimum absolute atomic E-state index is 0.153. The normalized spacial score (nSPS) is 17.0. The van der Waals surface area contributed by atoms with Gasteiger partial charge in [0.15, 0.2) is 5.96 Å². The first kappa shape index (κ1) is 13.8. The summed E-state index contributed by atoms with van der Waals surface area (Å²) in [6, 6.07) is 0. The molecule has 98 valence electrons. The van der Waals surface area contributed by atoms with Gasteiger partial charge in [-0.1, -0.05) is 0 Å². The Balaban J connectivity index is 2.16. The van der Waals surface area contributed by atoms with Gasteiger partial charge in [-0.2, -0.15) is 0 Å². The summed E-state index contributed by atoms with van der Waals surface area (Å²) in [6.45, 7) is 4.87. The highest BCUT2D eigenvalue weighted by Crippen LogP contribution is 2.07. The summed E-state index contributed by atoms with van der Waals surface area (Å²) in [5.41, 5.74) is 5.88. The predicted molar refractivity (Wildman–Crippen MR) is 67.8 cm³/mol. The minimum Gasteiger partial charge on any atom is -0.466 e. The van der Waals surface area contributed by atoms with E-state index in [1.807, 2.05) is 6.92 Å². The van der Waals surface area contributed by atoms with Crippen molar-refractivity contribution in [3.8, 4) is 0 Å². The predicted octanol–water partition coefficient (Wildman–Crippen LogP) is 1.13. The SMILES string of the molecule is CCOC(=O)CCCN=C(N)N1CCCCC1. The van der Waals surface area contributed by atoms with Gasteiger partial charge >= 0.3 is 5.97 Å². The van der Waals surface area contributed by atoms with Crippen molar-refractivity contribution in [3.05, 3.63) is 0 Å². The minimum atomic E-state index is -0.153. The first-order valence-corrected chi connectivity index (χ1v) is 6.44. The molecule has 0 radical (unpaired) electrons. The van der Waals surface area contributed by atoms with Crippen LogP contribution < -0.4 is 5.73 Å². The van der Waals surface area contributed by atoms with Crippen molar-refractivity contribution in [2.75, 3.05) is 26.2 Å². The van der Waals surface area contributed by atoms with E-state index in [2.05, 4.69) is 9.89 Å². The van der Waals surface area contributed by atoms with Crippen LogP contribution >= 0.6 is 0 Å². The second-order valence-corrected chi connectivity index (χ2v) is 4.20. The highest BCUT2D eigenvalue weighted by Gasteiger charge is 2.11. The molecular formula is C12H23N3O2. The largest absolute Gasteiger partial charge is 0.466 e. The molecule has 0 amide bonds. The van der Waals surface area contributed by atoms with Gasteiger partial charge in [0, 0.05) is 26.1 Å². The molecule has 0 bridgehead atoms. The van der Waals surface area contributed by atoms with Crippen molar-refractivity contribution in [1.29, 1.82) is 0 Å². The summed E-state index contributed by atoms with van der Waals surface area (Å²) in [7, 11) is 0. The van der Waals surface area contributed by atoms with Crippen LogP contribution in [0.15, 0.2) is 4.99 Å². The van der Waals surface area contributed by atoms with Crippen molar-refractivity contribution in [1.82, 2.24) is 4.90 Å². The van der Waals surface area contributed by atoms with Crippen LogP contribution in [0.1, 0.15) is 39.0 Å². The Morgan fingerprint density at radius 3 is 2.71 bits per heavy atom. The zero-order chi connectivity index (χ0) is 12.5. The van der Waals surface area contributed by atoms with E-state index in [0.717, 1.165) is 13.1 Å². The molecule has 5 nitrogen and oxygen atoms in total. The van der Waals surface area contributed by atoms with Gasteiger partial charge in [0.05, 0.1) is 6.61 Å². The molecule has 5 heteroatoms. The average Bonchev–Trinajstić information content (AvgIpc) is 2.36. The quantitative estimate of drug-likeness (QED) is 0.339. The summed E-state index contributed by atoms with van der Waals surface area (Å²) in [5, 5.41) is 0. The van der Waals surface area contributed by atoms with Gasteiger partial charge in [0.1, 0.15) is 0 Å². The van der Waals surface area contributed by atoms with Crippen LogP contribution in [0.5, 0.6) is 0 Å². The molecule has 0 saturated carbocycles. The number of rotatable bonds is 5. The summed E-state index contributed by atoms with van der Waals surface area (Å²) in [5.74, 6) is 0.466. The average molecular weight is 241 g/mol. The summed E-state index contributed by atoms with van der Waals surface area (Å²) in [4.78, 5) is 17.5. The molecule has 1 aliphatic heterocycles. The molecular weight excluding hydrogens is 218 g/mol. The Morgan fingerprint density at radius 1 is 1.35 bits per heavy atom. The number of nitrogens with two attached hydrogens (primary N) is 1. The third kappa shape index (κ3) is 5.56. The number of carbonyl (C=O) groups excluding carboxylic acids is 1. The number of carbonyl (C=O) groups is 1. The van der Waals surface area contributed by atoms with Gasteiger partial charge in [0.2, 0.25) is 0 Å². The Morgan fingerprint density at radius 2 is 2.06 bits per heavy atom. The molecule has 1 rings (SSSR count). The lowest BCUT2D eigenvalue weighted by Crippen LogP contribution is -2.40. The molecule has 0 unspecified atom stereocenters. The third-order valence-corrected chi connectivity index (χ3v) is 2.80. The van der Waals surface area contributed by atoms with E-state index in [1.165, 1.54) is 19.3 Å². The van der Waals surface area contributed by atoms with E-state index < -0.39 is 0 Å². The Labute approximate surface area is 103 Å². The number of guanidine groups is 1. The fourth-order valence-corrected chi connectivity index (χ4v) is 1.87. The van der Waals surface area contributed by atoms with Crippen LogP contribution in [0.25, 0.3) is 0 Å². The number of esters is 1. The number of likely N-dealkylation sites (tertiary alicyclic amines) is 1. The highest BCUT2D eigenvalue weighted by atomic mass is 16.5. The maximum absolute atomic E-state index is 11.1. The van der Waals surface area contributed by atoms with Crippen LogP contribution in [0.4, 0.5) is 0 Å². The van der Waals surface area contributed by atoms with Gasteiger partial charge in [-0.3, -0.25) is 9.79 Å². The van der Waals surface area contributed by atoms with Gasteiger partial charge in [-0.15, -0.1) is 0 Å². The second-order valence-electron chi connectivity index (χ2n) is 4.20. The topological polar surface area (TPSA) is 67.9 Å². The van der Waals surface area contributed by atoms with E-state index in [0.29, 0.717) is 32.0 Å². The number of hydrogen-bond donors (Lipinski definition) is 1. The number of piperidine rings is 1. The zero-order valence-corrected chi connectivity index (χ0v) is 10.7. The fourth-order valence-electron chi connectivity index (χ4n) is 1.87. The van der Waals surface area contributed by atoms with E-state index in [-0.39, 0.29) is 5.97 Å². The summed E-state index contributed by atoms with van der Waals surface area (Å²) < 4.78 is 4.84. The molecule has 1 heterocycles. The van der Waals surface area contributed by atoms with Crippen LogP contribution in [0.3, 0.4) is 0 Å². The number of aliphatic imine (C=N–C) groups is 1. The Bertz CT molecular complexity index is 260. The summed E-state index contributed by atoms with van der Waals surface area (Å²) >= 11 is 0. The molecule has 17 heavy (non-hydrogen) atoms. The van der Waals surface area contributed by atoms with Crippen LogP contribution in [-0.2, 0) is 9.53 Å². The second kappa shape index (κ2) is 7.92. The lowest BCUT2D eigenvalue weighted by molar-refractivity contribution is -0.143. The molecule has 0 spiro atoms. The first-order valence-electron chi connectivity index (χ1n) is 6.44. The van der Waals surface area contributed by atoms with Crippen LogP contribution in [0, 0.1) is 0 Å². The van der Waals surface area contributed by atoms with Crippen molar-refractivity contribution in [3.63, 3.8) is 0 Å². The lowest BCUT2D eigenvalue weighted by Gasteiger charge is -2.27. The smallest absolute Gasteiger partial charge is 0.305 e. The number of ether oxygens (including phenoxy) is 1. The van der Waals surface area contributed by atoms with Gasteiger partial charge in [-0.25, -0.2) is 0 Å². The monoisotopic (exact) mass is 241 g/mol. The highest BCUT2D eigenvalue weighted by molar-refractivity contribution is 5.78. The molecule has 2 N–H and O–H groups in total. The van der Waals surface area contributed by atoms with Crippen molar-refractivity contribution in [2.24, 2.45) is 10.7 Å². The molecule has 0 aliphatic carbocycles. The molecule has 0 aromatic carbocycles. The van der Waals surface area contributed by atoms with Crippen molar-refractivity contribution < 1.29 is 9.53 Å². The van der Waals surface area contributed by atoms with Crippen LogP contribution in [-0.4, -0.2) is 43.1 Å². The number of hydrogen-bond acceptors (Lipinski definition) is 3. The van der Waals surface area contributed by atoms with Crippen molar-refractivity contribution in [2.45, 2.75) is 39.0 Å². The first-order chi connectivity index (χ1) is 8.24. The molecule has 0 aromatic heterocycles. The maximum atomic E-state index is 11.1. The molecule has 0 aromatic rings. The molecule has 1 saturated heterocycles. The van der Waals surface area contributed by atoms with Gasteiger partial charge < -0.3 is 15.4 Å². The van der Waals surface area contributed by atoms with Gasteiger partial charge in [0.25, 0.3) is 0 Å². The number of nitrogens with zero attached hydrogens (tertiary/aromatic N) is 2. The standard InChI is InChI=1S/C12H23N3O2/c1-2-17-11(16)7-6-8-14-12(13)15-9-4-3-5-10-15/h2-10H2,1H3,(H2,13,14). The van der Waals surface area contributed by atoms with E-state index >= 15 is 0 Å². The summed E-state index contributed by atoms with van der Waals surface area (Å²) in [6.07, 6.45) is 4.79. The Hall–Kier alpha value is -1.26. The van der Waals surface area contributed by atoms with E-state index in [4.69, 9.17) is 10.5 Å². The maximum Gasteiger partial charge on any atom is 0.305 e. The zero-order valence-electron chi connectivity index (χ0n) is 10.7.